The van der Waals surface area contributed by atoms with Gasteiger partial charge in [0.25, 0.3) is 11.8 Å². The normalized spacial score (nSPS) is 17.0. The number of nitrogens with zero attached hydrogens (tertiary/aromatic N) is 3. The van der Waals surface area contributed by atoms with Crippen molar-refractivity contribution in [2.75, 3.05) is 18.2 Å². The standard InChI is InChI=1S/C33H29F3N6O6/c1-15(18-9-19(33(34,35)36)11-20(37)10-18)38-29-22-12-25(47-3)26(13-23(22)39-16(2)40-29)48-14-17-5-4-6-21-28(17)32(46)42(31(21)45)24-7-8-27(43)41-30(24)44/h4-6,9-13,15,24H,7-8,14,37H2,1-3H3,(H,38,39,40)(H,41,43,44)/t15-,24?/m1/s1. The van der Waals surface area contributed by atoms with E-state index in [1.165, 1.54) is 19.2 Å². The molecular formula is C33H29F3N6O6. The number of aromatic nitrogens is 2. The van der Waals surface area contributed by atoms with Crippen molar-refractivity contribution in [1.82, 2.24) is 20.2 Å². The summed E-state index contributed by atoms with van der Waals surface area (Å²) >= 11 is 0. The number of fused-ring (bicyclic) bond motifs is 2. The van der Waals surface area contributed by atoms with Crippen molar-refractivity contribution in [3.63, 3.8) is 0 Å². The number of alkyl halides is 3. The molecule has 1 aromatic heterocycles. The summed E-state index contributed by atoms with van der Waals surface area (Å²) in [7, 11) is 1.42. The number of imide groups is 2. The second-order valence-electron chi connectivity index (χ2n) is 11.5. The Bertz CT molecular complexity index is 2020. The molecule has 15 heteroatoms. The minimum absolute atomic E-state index is 0.000585. The van der Waals surface area contributed by atoms with Crippen LogP contribution in [0.25, 0.3) is 10.9 Å². The summed E-state index contributed by atoms with van der Waals surface area (Å²) in [5.41, 5.74) is 6.22. The van der Waals surface area contributed by atoms with Crippen molar-refractivity contribution in [3.8, 4) is 11.5 Å². The van der Waals surface area contributed by atoms with Gasteiger partial charge < -0.3 is 20.5 Å². The zero-order chi connectivity index (χ0) is 34.5. The lowest BCUT2D eigenvalue weighted by atomic mass is 10.0. The van der Waals surface area contributed by atoms with Crippen molar-refractivity contribution >= 4 is 46.0 Å². The maximum Gasteiger partial charge on any atom is 0.416 e. The number of amides is 4. The molecule has 1 unspecified atom stereocenters. The predicted octanol–water partition coefficient (Wildman–Crippen LogP) is 4.70. The van der Waals surface area contributed by atoms with Gasteiger partial charge in [0.05, 0.1) is 35.4 Å². The summed E-state index contributed by atoms with van der Waals surface area (Å²) < 4.78 is 52.0. The van der Waals surface area contributed by atoms with E-state index in [4.69, 9.17) is 15.2 Å². The molecular weight excluding hydrogens is 633 g/mol. The summed E-state index contributed by atoms with van der Waals surface area (Å²) in [5, 5.41) is 5.83. The van der Waals surface area contributed by atoms with E-state index in [1.54, 1.807) is 38.1 Å². The van der Waals surface area contributed by atoms with Crippen LogP contribution in [0.4, 0.5) is 24.7 Å². The number of aryl methyl sites for hydroxylation is 1. The lowest BCUT2D eigenvalue weighted by Gasteiger charge is -2.27. The van der Waals surface area contributed by atoms with E-state index in [0.29, 0.717) is 33.7 Å². The number of piperidine rings is 1. The summed E-state index contributed by atoms with van der Waals surface area (Å²) in [5.74, 6) is -1.24. The lowest BCUT2D eigenvalue weighted by Crippen LogP contribution is -2.54. The number of methoxy groups -OCH3 is 1. The topological polar surface area (TPSA) is 166 Å². The first-order valence-corrected chi connectivity index (χ1v) is 14.8. The molecule has 2 aliphatic rings. The molecule has 0 aliphatic carbocycles. The molecule has 3 heterocycles. The number of rotatable bonds is 8. The fourth-order valence-corrected chi connectivity index (χ4v) is 5.87. The highest BCUT2D eigenvalue weighted by Gasteiger charge is 2.45. The number of ether oxygens (including phenoxy) is 2. The second kappa shape index (κ2) is 12.1. The fraction of sp³-hybridized carbons (Fsp3) is 0.273. The highest BCUT2D eigenvalue weighted by molar-refractivity contribution is 6.24. The SMILES string of the molecule is COc1cc2c(N[C@H](C)c3cc(N)cc(C(F)(F)F)c3)nc(C)nc2cc1OCc1cccc2c1C(=O)N(C1CCC(=O)NC1=O)C2=O. The third-order valence-electron chi connectivity index (χ3n) is 8.19. The molecule has 2 atom stereocenters. The Morgan fingerprint density at radius 1 is 1.06 bits per heavy atom. The first-order valence-electron chi connectivity index (χ1n) is 14.8. The maximum absolute atomic E-state index is 13.5. The summed E-state index contributed by atoms with van der Waals surface area (Å²) in [4.78, 5) is 60.7. The van der Waals surface area contributed by atoms with E-state index in [1.807, 2.05) is 0 Å². The van der Waals surface area contributed by atoms with Gasteiger partial charge in [-0.15, -0.1) is 0 Å². The Morgan fingerprint density at radius 2 is 1.83 bits per heavy atom. The average Bonchev–Trinajstić information content (AvgIpc) is 3.28. The minimum atomic E-state index is -4.57. The Hall–Kier alpha value is -5.73. The van der Waals surface area contributed by atoms with Gasteiger partial charge in [0.15, 0.2) is 11.5 Å². The van der Waals surface area contributed by atoms with Crippen molar-refractivity contribution < 1.29 is 41.8 Å². The molecule has 4 N–H and O–H groups in total. The number of carbonyl (C=O) groups is 4. The third kappa shape index (κ3) is 5.94. The largest absolute Gasteiger partial charge is 0.493 e. The van der Waals surface area contributed by atoms with Crippen LogP contribution in [0.5, 0.6) is 11.5 Å². The van der Waals surface area contributed by atoms with Gasteiger partial charge in [-0.05, 0) is 56.2 Å². The van der Waals surface area contributed by atoms with Gasteiger partial charge in [0.2, 0.25) is 11.8 Å². The zero-order valence-electron chi connectivity index (χ0n) is 25.9. The number of benzene rings is 3. The van der Waals surface area contributed by atoms with Crippen LogP contribution in [0.2, 0.25) is 0 Å². The molecule has 0 saturated carbocycles. The smallest absolute Gasteiger partial charge is 0.416 e. The van der Waals surface area contributed by atoms with E-state index in [2.05, 4.69) is 20.6 Å². The maximum atomic E-state index is 13.5. The number of nitrogens with one attached hydrogen (secondary N) is 2. The van der Waals surface area contributed by atoms with Crippen LogP contribution in [-0.4, -0.2) is 51.6 Å². The average molecular weight is 663 g/mol. The van der Waals surface area contributed by atoms with Crippen molar-refractivity contribution in [2.24, 2.45) is 0 Å². The van der Waals surface area contributed by atoms with Gasteiger partial charge in [-0.25, -0.2) is 9.97 Å². The summed E-state index contributed by atoms with van der Waals surface area (Å²) in [6, 6.07) is 9.56. The molecule has 2 aliphatic heterocycles. The Labute approximate surface area is 271 Å². The first-order chi connectivity index (χ1) is 22.7. The van der Waals surface area contributed by atoms with Gasteiger partial charge in [-0.2, -0.15) is 13.2 Å². The van der Waals surface area contributed by atoms with Gasteiger partial charge >= 0.3 is 6.18 Å². The van der Waals surface area contributed by atoms with Crippen LogP contribution in [0.1, 0.15) is 69.0 Å². The molecule has 0 spiro atoms. The van der Waals surface area contributed by atoms with Gasteiger partial charge in [-0.1, -0.05) is 12.1 Å². The van der Waals surface area contributed by atoms with Crippen LogP contribution in [-0.2, 0) is 22.4 Å². The molecule has 1 fully saturated rings. The number of halogens is 3. The molecule has 1 saturated heterocycles. The molecule has 6 rings (SSSR count). The molecule has 0 bridgehead atoms. The second-order valence-corrected chi connectivity index (χ2v) is 11.5. The van der Waals surface area contributed by atoms with Gasteiger partial charge in [-0.3, -0.25) is 29.4 Å². The number of hydrogen-bond donors (Lipinski definition) is 3. The Morgan fingerprint density at radius 3 is 2.54 bits per heavy atom. The van der Waals surface area contributed by atoms with Crippen molar-refractivity contribution in [1.29, 1.82) is 0 Å². The van der Waals surface area contributed by atoms with Gasteiger partial charge in [0, 0.05) is 29.1 Å². The molecule has 12 nitrogen and oxygen atoms in total. The molecule has 4 aromatic rings. The summed E-state index contributed by atoms with van der Waals surface area (Å²) in [6.07, 6.45) is -4.54. The monoisotopic (exact) mass is 662 g/mol. The highest BCUT2D eigenvalue weighted by Crippen LogP contribution is 2.38. The predicted molar refractivity (Wildman–Crippen MR) is 166 cm³/mol. The zero-order valence-corrected chi connectivity index (χ0v) is 25.9. The number of nitrogen functional groups attached to an aromatic ring is 1. The number of carbonyl (C=O) groups excluding carboxylic acids is 4. The van der Waals surface area contributed by atoms with Crippen LogP contribution >= 0.6 is 0 Å². The first kappa shape index (κ1) is 32.2. The Balaban J connectivity index is 1.27. The van der Waals surface area contributed by atoms with E-state index in [-0.39, 0.29) is 47.8 Å². The van der Waals surface area contributed by atoms with Gasteiger partial charge in [0.1, 0.15) is 24.3 Å². The number of hydrogen-bond acceptors (Lipinski definition) is 10. The van der Waals surface area contributed by atoms with Crippen LogP contribution in [0, 0.1) is 6.92 Å². The minimum Gasteiger partial charge on any atom is -0.493 e. The fourth-order valence-electron chi connectivity index (χ4n) is 5.87. The van der Waals surface area contributed by atoms with Crippen molar-refractivity contribution in [3.05, 3.63) is 82.2 Å². The van der Waals surface area contributed by atoms with Crippen molar-refractivity contribution in [2.45, 2.75) is 51.6 Å². The molecule has 0 radical (unpaired) electrons. The molecule has 4 amide bonds. The van der Waals surface area contributed by atoms with Crippen LogP contribution < -0.4 is 25.8 Å². The summed E-state index contributed by atoms with van der Waals surface area (Å²) in [6.45, 7) is 3.18. The van der Waals surface area contributed by atoms with E-state index < -0.39 is 47.5 Å². The number of nitrogens with two attached hydrogens (primary N) is 1. The van der Waals surface area contributed by atoms with E-state index in [0.717, 1.165) is 17.0 Å². The molecule has 248 valence electrons. The third-order valence-corrected chi connectivity index (χ3v) is 8.19. The van der Waals surface area contributed by atoms with Crippen LogP contribution in [0.3, 0.4) is 0 Å². The quantitative estimate of drug-likeness (QED) is 0.178. The lowest BCUT2D eigenvalue weighted by molar-refractivity contribution is -0.138. The highest BCUT2D eigenvalue weighted by atomic mass is 19.4. The van der Waals surface area contributed by atoms with Crippen LogP contribution in [0.15, 0.2) is 48.5 Å². The number of anilines is 2. The molecule has 3 aromatic carbocycles. The van der Waals surface area contributed by atoms with E-state index >= 15 is 0 Å². The molecule has 48 heavy (non-hydrogen) atoms. The van der Waals surface area contributed by atoms with E-state index in [9.17, 15) is 32.3 Å². The Kier molecular flexibility index (Phi) is 8.14.